The van der Waals surface area contributed by atoms with Crippen LogP contribution in [0.5, 0.6) is 5.75 Å². The first-order valence-corrected chi connectivity index (χ1v) is 17.3. The van der Waals surface area contributed by atoms with Gasteiger partial charge in [-0.15, -0.1) is 5.10 Å². The average molecular weight is 704 g/mol. The first-order valence-electron chi connectivity index (χ1n) is 17.3. The highest BCUT2D eigenvalue weighted by Gasteiger charge is 2.32. The number of aromatic nitrogens is 3. The SMILES string of the molecule is CCN1C(=O)c2cccc3c(-n4cc(-c5ccc(N6CCOCCOCCOCCOCCOCC6)c(OCCOC)c5)nn4)ccc(c23)C1=O. The highest BCUT2D eigenvalue weighted by molar-refractivity contribution is 6.26. The Morgan fingerprint density at radius 1 is 0.725 bits per heavy atom. The van der Waals surface area contributed by atoms with Crippen LogP contribution in [-0.2, 0) is 28.4 Å². The molecule has 0 aliphatic carbocycles. The van der Waals surface area contributed by atoms with Gasteiger partial charge in [-0.05, 0) is 37.3 Å². The molecule has 3 heterocycles. The van der Waals surface area contributed by atoms with Crippen molar-refractivity contribution in [2.24, 2.45) is 0 Å². The molecular formula is C37H45N5O9. The number of anilines is 1. The molecule has 0 N–H and O–H groups in total. The van der Waals surface area contributed by atoms with Crippen LogP contribution in [-0.4, -0.2) is 138 Å². The number of ether oxygens (including phenoxy) is 7. The van der Waals surface area contributed by atoms with Crippen LogP contribution < -0.4 is 9.64 Å². The highest BCUT2D eigenvalue weighted by Crippen LogP contribution is 2.36. The van der Waals surface area contributed by atoms with E-state index in [0.29, 0.717) is 133 Å². The zero-order valence-corrected chi connectivity index (χ0v) is 29.2. The van der Waals surface area contributed by atoms with E-state index in [0.717, 1.165) is 16.6 Å². The van der Waals surface area contributed by atoms with Crippen LogP contribution in [0, 0.1) is 0 Å². The molecule has 272 valence electrons. The minimum Gasteiger partial charge on any atom is -0.489 e. The van der Waals surface area contributed by atoms with E-state index in [1.165, 1.54) is 4.90 Å². The summed E-state index contributed by atoms with van der Waals surface area (Å²) in [5, 5.41) is 10.3. The second kappa shape index (κ2) is 18.2. The third-order valence-electron chi connectivity index (χ3n) is 8.67. The molecule has 0 saturated carbocycles. The molecule has 0 spiro atoms. The quantitative estimate of drug-likeness (QED) is 0.196. The maximum Gasteiger partial charge on any atom is 0.261 e. The summed E-state index contributed by atoms with van der Waals surface area (Å²) in [4.78, 5) is 29.7. The molecule has 0 radical (unpaired) electrons. The number of rotatable bonds is 8. The van der Waals surface area contributed by atoms with Gasteiger partial charge in [0, 0.05) is 54.2 Å². The van der Waals surface area contributed by atoms with Crippen molar-refractivity contribution in [1.82, 2.24) is 19.9 Å². The Kier molecular flexibility index (Phi) is 13.0. The molecule has 2 amide bonds. The van der Waals surface area contributed by atoms with Gasteiger partial charge in [0.25, 0.3) is 11.8 Å². The molecule has 3 aromatic carbocycles. The summed E-state index contributed by atoms with van der Waals surface area (Å²) in [5.74, 6) is 0.0660. The van der Waals surface area contributed by atoms with Gasteiger partial charge < -0.3 is 38.1 Å². The van der Waals surface area contributed by atoms with Gasteiger partial charge in [-0.3, -0.25) is 14.5 Å². The van der Waals surface area contributed by atoms with Crippen LogP contribution in [0.4, 0.5) is 5.69 Å². The topological polar surface area (TPSA) is 136 Å². The zero-order valence-electron chi connectivity index (χ0n) is 29.2. The monoisotopic (exact) mass is 703 g/mol. The van der Waals surface area contributed by atoms with E-state index in [9.17, 15) is 9.59 Å². The number of benzene rings is 3. The van der Waals surface area contributed by atoms with Crippen molar-refractivity contribution in [1.29, 1.82) is 0 Å². The van der Waals surface area contributed by atoms with Crippen LogP contribution >= 0.6 is 0 Å². The molecule has 1 fully saturated rings. The lowest BCUT2D eigenvalue weighted by Crippen LogP contribution is -2.40. The largest absolute Gasteiger partial charge is 0.489 e. The average Bonchev–Trinajstić information content (AvgIpc) is 3.64. The second-order valence-electron chi connectivity index (χ2n) is 11.8. The number of imide groups is 1. The van der Waals surface area contributed by atoms with Crippen LogP contribution in [0.25, 0.3) is 27.7 Å². The van der Waals surface area contributed by atoms with Gasteiger partial charge in [0.2, 0.25) is 0 Å². The Labute approximate surface area is 297 Å². The van der Waals surface area contributed by atoms with Gasteiger partial charge in [-0.1, -0.05) is 23.4 Å². The first-order chi connectivity index (χ1) is 25.1. The Morgan fingerprint density at radius 3 is 1.96 bits per heavy atom. The van der Waals surface area contributed by atoms with E-state index >= 15 is 0 Å². The number of hydrogen-bond donors (Lipinski definition) is 0. The van der Waals surface area contributed by atoms with Crippen LogP contribution in [0.15, 0.2) is 54.7 Å². The zero-order chi connectivity index (χ0) is 35.4. The van der Waals surface area contributed by atoms with Gasteiger partial charge in [0.05, 0.1) is 90.2 Å². The summed E-state index contributed by atoms with van der Waals surface area (Å²) < 4.78 is 41.7. The minimum absolute atomic E-state index is 0.297. The van der Waals surface area contributed by atoms with E-state index in [1.807, 2.05) is 42.6 Å². The number of amides is 2. The third kappa shape index (κ3) is 8.72. The lowest BCUT2D eigenvalue weighted by molar-refractivity contribution is -0.0116. The molecule has 51 heavy (non-hydrogen) atoms. The van der Waals surface area contributed by atoms with Crippen molar-refractivity contribution in [3.05, 3.63) is 65.9 Å². The standard InChI is InChI=1S/C37H45N5O9/c1-3-41-36(43)29-6-4-5-28-32(10-8-30(35(28)29)37(41)44)42-26-31(38-39-42)27-7-9-33(34(25-27)51-24-15-45-2)40-11-13-46-16-18-48-20-22-50-23-21-49-19-17-47-14-12-40/h4-10,25-26H,3,11-24H2,1-2H3. The lowest BCUT2D eigenvalue weighted by Gasteiger charge is -2.27. The number of carbonyl (C=O) groups excluding carboxylic acids is 2. The normalized spacial score (nSPS) is 17.4. The van der Waals surface area contributed by atoms with Crippen molar-refractivity contribution in [2.45, 2.75) is 6.92 Å². The Morgan fingerprint density at radius 2 is 1.33 bits per heavy atom. The Balaban J connectivity index is 1.25. The first kappa shape index (κ1) is 36.4. The predicted octanol–water partition coefficient (Wildman–Crippen LogP) is 3.63. The van der Waals surface area contributed by atoms with Gasteiger partial charge >= 0.3 is 0 Å². The molecule has 6 rings (SSSR count). The fourth-order valence-electron chi connectivity index (χ4n) is 6.10. The van der Waals surface area contributed by atoms with E-state index in [-0.39, 0.29) is 11.8 Å². The fraction of sp³-hybridized carbons (Fsp3) is 0.459. The Bertz CT molecular complexity index is 1740. The molecule has 1 aromatic heterocycles. The lowest BCUT2D eigenvalue weighted by atomic mass is 9.93. The smallest absolute Gasteiger partial charge is 0.261 e. The number of hydrogen-bond acceptors (Lipinski definition) is 12. The predicted molar refractivity (Wildman–Crippen MR) is 189 cm³/mol. The van der Waals surface area contributed by atoms with Crippen molar-refractivity contribution in [3.8, 4) is 22.7 Å². The molecule has 14 heteroatoms. The van der Waals surface area contributed by atoms with Crippen LogP contribution in [0.1, 0.15) is 27.6 Å². The maximum absolute atomic E-state index is 13.1. The molecule has 2 aliphatic rings. The molecule has 2 aliphatic heterocycles. The van der Waals surface area contributed by atoms with Crippen molar-refractivity contribution >= 4 is 28.3 Å². The van der Waals surface area contributed by atoms with Crippen molar-refractivity contribution in [2.75, 3.05) is 111 Å². The third-order valence-corrected chi connectivity index (χ3v) is 8.67. The fourth-order valence-corrected chi connectivity index (χ4v) is 6.10. The highest BCUT2D eigenvalue weighted by atomic mass is 16.6. The second-order valence-corrected chi connectivity index (χ2v) is 11.8. The van der Waals surface area contributed by atoms with Crippen LogP contribution in [0.2, 0.25) is 0 Å². The van der Waals surface area contributed by atoms with Gasteiger partial charge in [0.15, 0.2) is 0 Å². The molecule has 1 saturated heterocycles. The van der Waals surface area contributed by atoms with Crippen LogP contribution in [0.3, 0.4) is 0 Å². The van der Waals surface area contributed by atoms with Gasteiger partial charge in [0.1, 0.15) is 18.1 Å². The van der Waals surface area contributed by atoms with E-state index in [1.54, 1.807) is 30.8 Å². The summed E-state index contributed by atoms with van der Waals surface area (Å²) >= 11 is 0. The van der Waals surface area contributed by atoms with E-state index in [4.69, 9.17) is 33.2 Å². The van der Waals surface area contributed by atoms with Gasteiger partial charge in [-0.2, -0.15) is 0 Å². The summed E-state index contributed by atoms with van der Waals surface area (Å²) in [5.41, 5.74) is 4.01. The molecule has 14 nitrogen and oxygen atoms in total. The summed E-state index contributed by atoms with van der Waals surface area (Å²) in [6.07, 6.45) is 1.83. The molecule has 4 aromatic rings. The summed E-state index contributed by atoms with van der Waals surface area (Å²) in [6.45, 7) is 9.00. The number of methoxy groups -OCH3 is 1. The van der Waals surface area contributed by atoms with E-state index < -0.39 is 0 Å². The molecule has 0 bridgehead atoms. The minimum atomic E-state index is -0.297. The molecular weight excluding hydrogens is 658 g/mol. The summed E-state index contributed by atoms with van der Waals surface area (Å²) in [6, 6.07) is 15.0. The molecule has 0 unspecified atom stereocenters. The maximum atomic E-state index is 13.1. The number of carbonyl (C=O) groups is 2. The van der Waals surface area contributed by atoms with Crippen molar-refractivity contribution in [3.63, 3.8) is 0 Å². The molecule has 0 atom stereocenters. The number of nitrogens with zero attached hydrogens (tertiary/aromatic N) is 5. The Hall–Kier alpha value is -4.44. The van der Waals surface area contributed by atoms with Crippen molar-refractivity contribution < 1.29 is 42.7 Å². The van der Waals surface area contributed by atoms with Gasteiger partial charge in [-0.25, -0.2) is 4.68 Å². The van der Waals surface area contributed by atoms with E-state index in [2.05, 4.69) is 15.2 Å². The summed E-state index contributed by atoms with van der Waals surface area (Å²) in [7, 11) is 1.64.